The number of hydrogen-bond acceptors (Lipinski definition) is 1. The van der Waals surface area contributed by atoms with E-state index in [9.17, 15) is 4.79 Å². The zero-order chi connectivity index (χ0) is 14.8. The van der Waals surface area contributed by atoms with E-state index in [1.54, 1.807) is 0 Å². The molecule has 0 saturated carbocycles. The van der Waals surface area contributed by atoms with Gasteiger partial charge in [0.15, 0.2) is 5.78 Å². The summed E-state index contributed by atoms with van der Waals surface area (Å²) in [5.74, 6) is 0.209. The van der Waals surface area contributed by atoms with Gasteiger partial charge in [0.2, 0.25) is 0 Å². The molecule has 0 aliphatic heterocycles. The summed E-state index contributed by atoms with van der Waals surface area (Å²) in [7, 11) is 0. The van der Waals surface area contributed by atoms with Gasteiger partial charge in [-0.2, -0.15) is 0 Å². The van der Waals surface area contributed by atoms with E-state index in [2.05, 4.69) is 37.3 Å². The van der Waals surface area contributed by atoms with Gasteiger partial charge in [0, 0.05) is 11.0 Å². The molecule has 0 spiro atoms. The van der Waals surface area contributed by atoms with Crippen molar-refractivity contribution in [1.82, 2.24) is 0 Å². The zero-order valence-corrected chi connectivity index (χ0v) is 12.7. The quantitative estimate of drug-likeness (QED) is 0.728. The molecule has 0 saturated heterocycles. The summed E-state index contributed by atoms with van der Waals surface area (Å²) in [4.78, 5) is 12.5. The van der Waals surface area contributed by atoms with Gasteiger partial charge in [0.05, 0.1) is 0 Å². The molecule has 0 aliphatic rings. The second-order valence-corrected chi connectivity index (χ2v) is 6.40. The van der Waals surface area contributed by atoms with Crippen LogP contribution in [0.2, 0.25) is 0 Å². The zero-order valence-electron chi connectivity index (χ0n) is 12.7. The fourth-order valence-corrected chi connectivity index (χ4v) is 2.23. The van der Waals surface area contributed by atoms with Crippen molar-refractivity contribution in [3.63, 3.8) is 0 Å². The molecular weight excluding hydrogens is 244 g/mol. The maximum Gasteiger partial charge on any atom is 0.168 e. The Kier molecular flexibility index (Phi) is 4.08. The maximum atomic E-state index is 12.5. The molecule has 104 valence electrons. The van der Waals surface area contributed by atoms with Crippen molar-refractivity contribution < 1.29 is 4.79 Å². The van der Waals surface area contributed by atoms with Gasteiger partial charge in [0.1, 0.15) is 0 Å². The summed E-state index contributed by atoms with van der Waals surface area (Å²) in [6, 6.07) is 16.4. The first-order chi connectivity index (χ1) is 9.38. The number of carbonyl (C=O) groups excluding carboxylic acids is 1. The number of rotatable bonds is 3. The van der Waals surface area contributed by atoms with Crippen molar-refractivity contribution in [2.24, 2.45) is 5.41 Å². The summed E-state index contributed by atoms with van der Waals surface area (Å²) in [5.41, 5.74) is 4.11. The lowest BCUT2D eigenvalue weighted by Crippen LogP contribution is -2.21. The van der Waals surface area contributed by atoms with Gasteiger partial charge in [-0.1, -0.05) is 74.9 Å². The number of benzene rings is 2. The fourth-order valence-electron chi connectivity index (χ4n) is 2.23. The molecule has 0 amide bonds. The summed E-state index contributed by atoms with van der Waals surface area (Å²) in [6.45, 7) is 7.99. The Labute approximate surface area is 121 Å². The van der Waals surface area contributed by atoms with E-state index in [0.29, 0.717) is 0 Å². The number of aryl methyl sites for hydroxylation is 1. The maximum absolute atomic E-state index is 12.5. The van der Waals surface area contributed by atoms with E-state index >= 15 is 0 Å². The van der Waals surface area contributed by atoms with Gasteiger partial charge in [0.25, 0.3) is 0 Å². The first kappa shape index (κ1) is 14.5. The Balaban J connectivity index is 2.33. The van der Waals surface area contributed by atoms with Crippen LogP contribution >= 0.6 is 0 Å². The van der Waals surface area contributed by atoms with Gasteiger partial charge in [-0.05, 0) is 24.5 Å². The van der Waals surface area contributed by atoms with Crippen LogP contribution in [-0.4, -0.2) is 5.78 Å². The minimum Gasteiger partial charge on any atom is -0.294 e. The molecule has 0 unspecified atom stereocenters. The smallest absolute Gasteiger partial charge is 0.168 e. The van der Waals surface area contributed by atoms with Crippen LogP contribution in [0.1, 0.15) is 47.8 Å². The van der Waals surface area contributed by atoms with E-state index in [0.717, 1.165) is 17.5 Å². The summed E-state index contributed by atoms with van der Waals surface area (Å²) in [6.07, 6.45) is 0.804. The molecule has 0 radical (unpaired) electrons. The molecule has 0 fully saturated rings. The predicted octanol–water partition coefficient (Wildman–Crippen LogP) is 4.81. The molecule has 1 nitrogen and oxygen atoms in total. The van der Waals surface area contributed by atoms with Crippen molar-refractivity contribution in [2.75, 3.05) is 0 Å². The van der Waals surface area contributed by atoms with Crippen LogP contribution in [-0.2, 0) is 6.42 Å². The number of Topliss-reactive ketones (excluding diaryl/α,β-unsaturated/α-hetero) is 1. The highest BCUT2D eigenvalue weighted by Gasteiger charge is 2.24. The Morgan fingerprint density at radius 2 is 1.55 bits per heavy atom. The largest absolute Gasteiger partial charge is 0.294 e. The van der Waals surface area contributed by atoms with Gasteiger partial charge < -0.3 is 0 Å². The van der Waals surface area contributed by atoms with Crippen LogP contribution < -0.4 is 0 Å². The highest BCUT2D eigenvalue weighted by molar-refractivity contribution is 6.01. The first-order valence-electron chi connectivity index (χ1n) is 7.06. The number of ketones is 1. The van der Waals surface area contributed by atoms with Gasteiger partial charge in [-0.25, -0.2) is 0 Å². The average Bonchev–Trinajstić information content (AvgIpc) is 2.40. The molecule has 0 bridgehead atoms. The molecule has 2 aromatic carbocycles. The third kappa shape index (κ3) is 3.36. The van der Waals surface area contributed by atoms with Crippen LogP contribution in [0.5, 0.6) is 0 Å². The predicted molar refractivity (Wildman–Crippen MR) is 84.2 cm³/mol. The minimum atomic E-state index is -0.344. The van der Waals surface area contributed by atoms with Gasteiger partial charge in [-0.15, -0.1) is 0 Å². The average molecular weight is 266 g/mol. The van der Waals surface area contributed by atoms with E-state index in [1.807, 2.05) is 39.0 Å². The highest BCUT2D eigenvalue weighted by Crippen LogP contribution is 2.24. The van der Waals surface area contributed by atoms with Crippen LogP contribution in [0.4, 0.5) is 0 Å². The third-order valence-corrected chi connectivity index (χ3v) is 3.46. The van der Waals surface area contributed by atoms with Gasteiger partial charge >= 0.3 is 0 Å². The molecule has 2 rings (SSSR count). The molecule has 0 atom stereocenters. The Morgan fingerprint density at radius 1 is 0.950 bits per heavy atom. The van der Waals surface area contributed by atoms with Crippen LogP contribution in [0.25, 0.3) is 0 Å². The second-order valence-electron chi connectivity index (χ2n) is 6.40. The van der Waals surface area contributed by atoms with E-state index < -0.39 is 0 Å². The lowest BCUT2D eigenvalue weighted by atomic mass is 9.83. The van der Waals surface area contributed by atoms with Crippen molar-refractivity contribution >= 4 is 5.78 Å². The van der Waals surface area contributed by atoms with Crippen molar-refractivity contribution in [3.8, 4) is 0 Å². The normalized spacial score (nSPS) is 11.4. The molecule has 0 aromatic heterocycles. The molecule has 0 N–H and O–H groups in total. The van der Waals surface area contributed by atoms with Crippen LogP contribution in [0.3, 0.4) is 0 Å². The molecule has 1 heteroatoms. The van der Waals surface area contributed by atoms with E-state index in [-0.39, 0.29) is 11.2 Å². The highest BCUT2D eigenvalue weighted by atomic mass is 16.1. The molecule has 0 aliphatic carbocycles. The Morgan fingerprint density at radius 3 is 2.15 bits per heavy atom. The summed E-state index contributed by atoms with van der Waals surface area (Å²) in [5, 5.41) is 0. The molecule has 20 heavy (non-hydrogen) atoms. The standard InChI is InChI=1S/C19H22O/c1-14-9-11-15(12-10-14)13-16-7-5-6-8-17(16)18(20)19(2,3)4/h5-12H,13H2,1-4H3. The minimum absolute atomic E-state index is 0.209. The molecule has 0 heterocycles. The van der Waals surface area contributed by atoms with Crippen molar-refractivity contribution in [2.45, 2.75) is 34.1 Å². The van der Waals surface area contributed by atoms with Gasteiger partial charge in [-0.3, -0.25) is 4.79 Å². The molecular formula is C19H22O. The monoisotopic (exact) mass is 266 g/mol. The lowest BCUT2D eigenvalue weighted by molar-refractivity contribution is 0.0857. The van der Waals surface area contributed by atoms with Crippen LogP contribution in [0.15, 0.2) is 48.5 Å². The summed E-state index contributed by atoms with van der Waals surface area (Å²) < 4.78 is 0. The van der Waals surface area contributed by atoms with Crippen molar-refractivity contribution in [3.05, 3.63) is 70.8 Å². The van der Waals surface area contributed by atoms with E-state index in [4.69, 9.17) is 0 Å². The third-order valence-electron chi connectivity index (χ3n) is 3.46. The van der Waals surface area contributed by atoms with E-state index in [1.165, 1.54) is 11.1 Å². The van der Waals surface area contributed by atoms with Crippen molar-refractivity contribution in [1.29, 1.82) is 0 Å². The topological polar surface area (TPSA) is 17.1 Å². The summed E-state index contributed by atoms with van der Waals surface area (Å²) >= 11 is 0. The Bertz CT molecular complexity index is 600. The lowest BCUT2D eigenvalue weighted by Gasteiger charge is -2.19. The first-order valence-corrected chi connectivity index (χ1v) is 7.06. The van der Waals surface area contributed by atoms with Crippen LogP contribution in [0, 0.1) is 12.3 Å². The fraction of sp³-hybridized carbons (Fsp3) is 0.316. The number of carbonyl (C=O) groups is 1. The SMILES string of the molecule is Cc1ccc(Cc2ccccc2C(=O)C(C)(C)C)cc1. The Hall–Kier alpha value is -1.89. The molecule has 2 aromatic rings. The number of hydrogen-bond donors (Lipinski definition) is 0. The second kappa shape index (κ2) is 5.62.